The van der Waals surface area contributed by atoms with E-state index in [1.807, 2.05) is 43.0 Å². The van der Waals surface area contributed by atoms with Crippen LogP contribution in [0.2, 0.25) is 0 Å². The van der Waals surface area contributed by atoms with Crippen molar-refractivity contribution in [3.8, 4) is 5.69 Å². The fourth-order valence-corrected chi connectivity index (χ4v) is 5.59. The molecule has 1 amide bonds. The number of rotatable bonds is 2. The molecule has 156 valence electrons. The minimum Gasteiger partial charge on any atom is -0.333 e. The SMILES string of the molecule is Cc1cc(C)cc(C(=O)N2CCc3c(sc4[nH]c(=O)n(-c5ccccc5)c(=O)c34)C2)c1. The van der Waals surface area contributed by atoms with Crippen LogP contribution in [0.1, 0.15) is 31.9 Å². The number of aromatic nitrogens is 2. The average molecular weight is 432 g/mol. The molecule has 0 unspecified atom stereocenters. The number of aryl methyl sites for hydroxylation is 2. The van der Waals surface area contributed by atoms with Crippen LogP contribution in [0.15, 0.2) is 58.1 Å². The number of benzene rings is 2. The quantitative estimate of drug-likeness (QED) is 0.527. The van der Waals surface area contributed by atoms with Gasteiger partial charge in [0.25, 0.3) is 11.5 Å². The van der Waals surface area contributed by atoms with E-state index in [0.717, 1.165) is 21.6 Å². The van der Waals surface area contributed by atoms with Gasteiger partial charge < -0.3 is 4.90 Å². The van der Waals surface area contributed by atoms with Gasteiger partial charge in [-0.1, -0.05) is 35.4 Å². The van der Waals surface area contributed by atoms with Crippen molar-refractivity contribution in [3.63, 3.8) is 0 Å². The summed E-state index contributed by atoms with van der Waals surface area (Å²) in [5.41, 5.74) is 3.52. The smallest absolute Gasteiger partial charge is 0.333 e. The van der Waals surface area contributed by atoms with E-state index in [-0.39, 0.29) is 11.5 Å². The lowest BCUT2D eigenvalue weighted by Crippen LogP contribution is -2.36. The van der Waals surface area contributed by atoms with Gasteiger partial charge in [0.05, 0.1) is 17.6 Å². The van der Waals surface area contributed by atoms with Gasteiger partial charge in [-0.3, -0.25) is 14.6 Å². The summed E-state index contributed by atoms with van der Waals surface area (Å²) in [4.78, 5) is 45.2. The molecule has 0 saturated carbocycles. The first kappa shape index (κ1) is 19.5. The molecule has 1 aliphatic heterocycles. The van der Waals surface area contributed by atoms with Crippen LogP contribution in [0.5, 0.6) is 0 Å². The molecule has 4 aromatic rings. The van der Waals surface area contributed by atoms with Gasteiger partial charge in [0, 0.05) is 17.0 Å². The number of carbonyl (C=O) groups is 1. The number of para-hydroxylation sites is 1. The van der Waals surface area contributed by atoms with E-state index in [4.69, 9.17) is 0 Å². The third kappa shape index (κ3) is 3.31. The maximum Gasteiger partial charge on any atom is 0.334 e. The van der Waals surface area contributed by atoms with Crippen LogP contribution in [0.25, 0.3) is 15.9 Å². The lowest BCUT2D eigenvalue weighted by atomic mass is 10.0. The molecule has 7 heteroatoms. The van der Waals surface area contributed by atoms with Crippen LogP contribution in [0.3, 0.4) is 0 Å². The van der Waals surface area contributed by atoms with Gasteiger partial charge in [0.2, 0.25) is 0 Å². The molecule has 0 spiro atoms. The topological polar surface area (TPSA) is 75.2 Å². The zero-order chi connectivity index (χ0) is 21.7. The number of H-pyrrole nitrogens is 1. The summed E-state index contributed by atoms with van der Waals surface area (Å²) in [7, 11) is 0. The second kappa shape index (κ2) is 7.35. The maximum absolute atomic E-state index is 13.3. The van der Waals surface area contributed by atoms with Crippen molar-refractivity contribution in [2.24, 2.45) is 0 Å². The van der Waals surface area contributed by atoms with Crippen molar-refractivity contribution in [3.05, 3.63) is 96.5 Å². The van der Waals surface area contributed by atoms with Crippen LogP contribution < -0.4 is 11.2 Å². The van der Waals surface area contributed by atoms with Crippen molar-refractivity contribution in [1.29, 1.82) is 0 Å². The van der Waals surface area contributed by atoms with Gasteiger partial charge in [0.1, 0.15) is 4.83 Å². The van der Waals surface area contributed by atoms with E-state index in [9.17, 15) is 14.4 Å². The molecule has 31 heavy (non-hydrogen) atoms. The molecule has 1 aliphatic rings. The Labute approximate surface area is 182 Å². The fourth-order valence-electron chi connectivity index (χ4n) is 4.34. The Hall–Kier alpha value is -3.45. The average Bonchev–Trinajstić information content (AvgIpc) is 3.10. The first-order chi connectivity index (χ1) is 14.9. The summed E-state index contributed by atoms with van der Waals surface area (Å²) in [6.45, 7) is 4.94. The molecule has 0 bridgehead atoms. The molecule has 0 atom stereocenters. The molecule has 0 radical (unpaired) electrons. The second-order valence-corrected chi connectivity index (χ2v) is 9.07. The Morgan fingerprint density at radius 3 is 2.45 bits per heavy atom. The number of hydrogen-bond donors (Lipinski definition) is 1. The highest BCUT2D eigenvalue weighted by Gasteiger charge is 2.27. The zero-order valence-electron chi connectivity index (χ0n) is 17.3. The number of thiophene rings is 1. The monoisotopic (exact) mass is 431 g/mol. The van der Waals surface area contributed by atoms with Crippen molar-refractivity contribution in [2.75, 3.05) is 6.54 Å². The van der Waals surface area contributed by atoms with E-state index in [0.29, 0.717) is 41.0 Å². The molecule has 6 nitrogen and oxygen atoms in total. The van der Waals surface area contributed by atoms with E-state index >= 15 is 0 Å². The minimum absolute atomic E-state index is 0.00917. The van der Waals surface area contributed by atoms with Gasteiger partial charge in [-0.2, -0.15) is 0 Å². The number of nitrogens with zero attached hydrogens (tertiary/aromatic N) is 2. The highest BCUT2D eigenvalue weighted by molar-refractivity contribution is 7.18. The largest absolute Gasteiger partial charge is 0.334 e. The number of nitrogens with one attached hydrogen (secondary N) is 1. The molecule has 3 heterocycles. The third-order valence-corrected chi connectivity index (χ3v) is 6.80. The highest BCUT2D eigenvalue weighted by Crippen LogP contribution is 2.32. The molecule has 0 fully saturated rings. The first-order valence-electron chi connectivity index (χ1n) is 10.1. The van der Waals surface area contributed by atoms with Crippen LogP contribution >= 0.6 is 11.3 Å². The van der Waals surface area contributed by atoms with E-state index < -0.39 is 5.69 Å². The van der Waals surface area contributed by atoms with E-state index in [1.165, 1.54) is 15.9 Å². The number of aromatic amines is 1. The highest BCUT2D eigenvalue weighted by atomic mass is 32.1. The lowest BCUT2D eigenvalue weighted by molar-refractivity contribution is 0.0737. The van der Waals surface area contributed by atoms with Crippen LogP contribution in [-0.2, 0) is 13.0 Å². The Morgan fingerprint density at radius 1 is 1.03 bits per heavy atom. The summed E-state index contributed by atoms with van der Waals surface area (Å²) < 4.78 is 1.18. The first-order valence-corrected chi connectivity index (χ1v) is 11.0. The van der Waals surface area contributed by atoms with Crippen molar-refractivity contribution < 1.29 is 4.79 Å². The molecule has 2 aromatic carbocycles. The standard InChI is InChI=1S/C24H21N3O3S/c1-14-10-15(2)12-16(11-14)22(28)26-9-8-18-19(13-26)31-21-20(18)23(29)27(24(30)25-21)17-6-4-3-5-7-17/h3-7,10-12H,8-9,13H2,1-2H3,(H,25,30). The number of amides is 1. The van der Waals surface area contributed by atoms with E-state index in [1.54, 1.807) is 24.3 Å². The molecule has 0 aliphatic carbocycles. The molecule has 1 N–H and O–H groups in total. The Kier molecular flexibility index (Phi) is 4.63. The second-order valence-electron chi connectivity index (χ2n) is 7.97. The Bertz CT molecular complexity index is 1430. The van der Waals surface area contributed by atoms with Gasteiger partial charge >= 0.3 is 5.69 Å². The molecular weight excluding hydrogens is 410 g/mol. The summed E-state index contributed by atoms with van der Waals surface area (Å²) in [5.74, 6) is -0.00917. The van der Waals surface area contributed by atoms with Crippen molar-refractivity contribution >= 4 is 27.5 Å². The van der Waals surface area contributed by atoms with Crippen LogP contribution in [0.4, 0.5) is 0 Å². The van der Waals surface area contributed by atoms with Crippen LogP contribution in [0, 0.1) is 13.8 Å². The Morgan fingerprint density at radius 2 is 1.74 bits per heavy atom. The zero-order valence-corrected chi connectivity index (χ0v) is 18.1. The van der Waals surface area contributed by atoms with Crippen molar-refractivity contribution in [2.45, 2.75) is 26.8 Å². The maximum atomic E-state index is 13.3. The van der Waals surface area contributed by atoms with Gasteiger partial charge in [-0.25, -0.2) is 9.36 Å². The number of fused-ring (bicyclic) bond motifs is 3. The summed E-state index contributed by atoms with van der Waals surface area (Å²) in [6.07, 6.45) is 0.585. The van der Waals surface area contributed by atoms with Crippen LogP contribution in [-0.4, -0.2) is 26.9 Å². The van der Waals surface area contributed by atoms with Crippen molar-refractivity contribution in [1.82, 2.24) is 14.5 Å². The molecule has 2 aromatic heterocycles. The normalized spacial score (nSPS) is 13.4. The van der Waals surface area contributed by atoms with E-state index in [2.05, 4.69) is 4.98 Å². The summed E-state index contributed by atoms with van der Waals surface area (Å²) in [6, 6.07) is 14.8. The lowest BCUT2D eigenvalue weighted by Gasteiger charge is -2.27. The summed E-state index contributed by atoms with van der Waals surface area (Å²) in [5, 5.41) is 0.557. The molecule has 5 rings (SSSR count). The summed E-state index contributed by atoms with van der Waals surface area (Å²) >= 11 is 1.39. The predicted octanol–water partition coefficient (Wildman–Crippen LogP) is 3.56. The number of carbonyl (C=O) groups excluding carboxylic acids is 1. The predicted molar refractivity (Wildman–Crippen MR) is 122 cm³/mol. The molecular formula is C24H21N3O3S. The number of hydrogen-bond acceptors (Lipinski definition) is 4. The Balaban J connectivity index is 1.56. The van der Waals surface area contributed by atoms with Gasteiger partial charge in [-0.05, 0) is 50.1 Å². The van der Waals surface area contributed by atoms with Gasteiger partial charge in [-0.15, -0.1) is 11.3 Å². The molecule has 0 saturated heterocycles. The minimum atomic E-state index is -0.453. The fraction of sp³-hybridized carbons (Fsp3) is 0.208. The van der Waals surface area contributed by atoms with Gasteiger partial charge in [0.15, 0.2) is 0 Å². The third-order valence-electron chi connectivity index (χ3n) is 5.67.